The molecule has 1 nitrogen and oxygen atoms in total. The Bertz CT molecular complexity index is 1020. The average molecular weight is 323 g/mol. The third kappa shape index (κ3) is 2.78. The van der Waals surface area contributed by atoms with Crippen LogP contribution in [0.1, 0.15) is 16.7 Å². The zero-order valence-electron chi connectivity index (χ0n) is 14.4. The van der Waals surface area contributed by atoms with Crippen LogP contribution in [0.3, 0.4) is 0 Å². The van der Waals surface area contributed by atoms with Crippen LogP contribution in [0.25, 0.3) is 27.6 Å². The van der Waals surface area contributed by atoms with Gasteiger partial charge in [-0.15, -0.1) is 0 Å². The number of nitrogens with one attached hydrogen (secondary N) is 1. The fourth-order valence-corrected chi connectivity index (χ4v) is 3.58. The summed E-state index contributed by atoms with van der Waals surface area (Å²) in [6.07, 6.45) is 1.95. The second-order valence-electron chi connectivity index (χ2n) is 6.40. The van der Waals surface area contributed by atoms with Gasteiger partial charge in [-0.25, -0.2) is 0 Å². The Balaban J connectivity index is 1.83. The van der Waals surface area contributed by atoms with Crippen LogP contribution in [0.2, 0.25) is 0 Å². The van der Waals surface area contributed by atoms with Gasteiger partial charge < -0.3 is 5.32 Å². The number of aryl methyl sites for hydroxylation is 1. The van der Waals surface area contributed by atoms with Crippen molar-refractivity contribution in [2.45, 2.75) is 13.5 Å². The number of hydrogen-bond acceptors (Lipinski definition) is 1. The van der Waals surface area contributed by atoms with E-state index in [4.69, 9.17) is 0 Å². The van der Waals surface area contributed by atoms with Crippen LogP contribution in [0.5, 0.6) is 0 Å². The molecule has 0 aliphatic carbocycles. The van der Waals surface area contributed by atoms with Gasteiger partial charge in [0.1, 0.15) is 0 Å². The van der Waals surface area contributed by atoms with E-state index >= 15 is 0 Å². The summed E-state index contributed by atoms with van der Waals surface area (Å²) in [7, 11) is 0. The minimum Gasteiger partial charge on any atom is -0.380 e. The van der Waals surface area contributed by atoms with Gasteiger partial charge in [0.2, 0.25) is 0 Å². The standard InChI is InChI=1S/C24H21N/c1-3-21-17(2)9-8-12-20(21)16-25-24-22-13-6-4-10-18(22)15-19-11-5-7-14-23(19)24/h3-15,25H,1,16H2,2H3. The lowest BCUT2D eigenvalue weighted by atomic mass is 9.99. The summed E-state index contributed by atoms with van der Waals surface area (Å²) in [6, 6.07) is 25.8. The Hall–Kier alpha value is -3.06. The molecule has 0 aliphatic rings. The smallest absolute Gasteiger partial charge is 0.0502 e. The Labute approximate surface area is 148 Å². The zero-order chi connectivity index (χ0) is 17.2. The molecule has 0 heterocycles. The van der Waals surface area contributed by atoms with Crippen LogP contribution < -0.4 is 5.32 Å². The maximum Gasteiger partial charge on any atom is 0.0502 e. The summed E-state index contributed by atoms with van der Waals surface area (Å²) in [6.45, 7) is 6.89. The lowest BCUT2D eigenvalue weighted by Crippen LogP contribution is -2.03. The molecule has 0 aromatic heterocycles. The maximum absolute atomic E-state index is 3.98. The van der Waals surface area contributed by atoms with E-state index in [-0.39, 0.29) is 0 Å². The molecule has 0 saturated carbocycles. The van der Waals surface area contributed by atoms with Gasteiger partial charge in [0.15, 0.2) is 0 Å². The maximum atomic E-state index is 3.98. The topological polar surface area (TPSA) is 12.0 Å². The van der Waals surface area contributed by atoms with Crippen molar-refractivity contribution in [3.63, 3.8) is 0 Å². The SMILES string of the molecule is C=Cc1c(C)cccc1CNc1c2ccccc2cc2ccccc12. The van der Waals surface area contributed by atoms with Crippen molar-refractivity contribution in [3.8, 4) is 0 Å². The van der Waals surface area contributed by atoms with E-state index in [2.05, 4.69) is 91.6 Å². The van der Waals surface area contributed by atoms with E-state index in [1.807, 2.05) is 6.08 Å². The van der Waals surface area contributed by atoms with Crippen LogP contribution >= 0.6 is 0 Å². The van der Waals surface area contributed by atoms with Gasteiger partial charge in [-0.1, -0.05) is 79.4 Å². The quantitative estimate of drug-likeness (QED) is 0.419. The van der Waals surface area contributed by atoms with Crippen molar-refractivity contribution in [2.75, 3.05) is 5.32 Å². The summed E-state index contributed by atoms with van der Waals surface area (Å²) in [5, 5.41) is 8.74. The normalized spacial score (nSPS) is 10.9. The molecule has 0 aliphatic heterocycles. The van der Waals surface area contributed by atoms with Crippen molar-refractivity contribution in [3.05, 3.63) is 96.1 Å². The van der Waals surface area contributed by atoms with Crippen LogP contribution in [0.4, 0.5) is 5.69 Å². The predicted molar refractivity (Wildman–Crippen MR) is 110 cm³/mol. The molecular weight excluding hydrogens is 302 g/mol. The Morgan fingerprint density at radius 2 is 1.48 bits per heavy atom. The highest BCUT2D eigenvalue weighted by Gasteiger charge is 2.08. The van der Waals surface area contributed by atoms with Crippen LogP contribution in [0, 0.1) is 6.92 Å². The molecule has 0 radical (unpaired) electrons. The van der Waals surface area contributed by atoms with Gasteiger partial charge in [0, 0.05) is 17.3 Å². The number of anilines is 1. The Kier molecular flexibility index (Phi) is 3.99. The molecule has 0 fully saturated rings. The van der Waals surface area contributed by atoms with Gasteiger partial charge in [-0.2, -0.15) is 0 Å². The molecule has 4 aromatic carbocycles. The number of hydrogen-bond donors (Lipinski definition) is 1. The molecule has 1 N–H and O–H groups in total. The summed E-state index contributed by atoms with van der Waals surface area (Å²) in [5.74, 6) is 0. The molecule has 0 spiro atoms. The molecule has 1 heteroatoms. The van der Waals surface area contributed by atoms with E-state index in [0.29, 0.717) is 0 Å². The number of rotatable bonds is 4. The van der Waals surface area contributed by atoms with Crippen molar-refractivity contribution in [1.82, 2.24) is 0 Å². The van der Waals surface area contributed by atoms with E-state index in [1.165, 1.54) is 43.9 Å². The van der Waals surface area contributed by atoms with Gasteiger partial charge in [0.25, 0.3) is 0 Å². The summed E-state index contributed by atoms with van der Waals surface area (Å²) in [5.41, 5.74) is 4.95. The van der Waals surface area contributed by atoms with E-state index in [1.54, 1.807) is 0 Å². The van der Waals surface area contributed by atoms with E-state index in [0.717, 1.165) is 6.54 Å². The molecule has 0 unspecified atom stereocenters. The first kappa shape index (κ1) is 15.5. The number of fused-ring (bicyclic) bond motifs is 2. The van der Waals surface area contributed by atoms with Gasteiger partial charge in [-0.05, 0) is 40.5 Å². The fourth-order valence-electron chi connectivity index (χ4n) is 3.58. The number of benzene rings is 4. The average Bonchev–Trinajstić information content (AvgIpc) is 2.65. The first-order chi connectivity index (χ1) is 12.3. The van der Waals surface area contributed by atoms with Gasteiger partial charge >= 0.3 is 0 Å². The molecule has 0 amide bonds. The Morgan fingerprint density at radius 1 is 0.840 bits per heavy atom. The first-order valence-electron chi connectivity index (χ1n) is 8.63. The molecule has 4 aromatic rings. The second kappa shape index (κ2) is 6.45. The summed E-state index contributed by atoms with van der Waals surface area (Å²) < 4.78 is 0. The summed E-state index contributed by atoms with van der Waals surface area (Å²) in [4.78, 5) is 0. The lowest BCUT2D eigenvalue weighted by Gasteiger charge is -2.16. The van der Waals surface area contributed by atoms with Crippen molar-refractivity contribution < 1.29 is 0 Å². The molecule has 0 saturated heterocycles. The third-order valence-electron chi connectivity index (χ3n) is 4.85. The molecule has 4 rings (SSSR count). The van der Waals surface area contributed by atoms with Crippen molar-refractivity contribution in [2.24, 2.45) is 0 Å². The van der Waals surface area contributed by atoms with E-state index < -0.39 is 0 Å². The molecule has 0 bridgehead atoms. The Morgan fingerprint density at radius 3 is 2.12 bits per heavy atom. The van der Waals surface area contributed by atoms with Crippen LogP contribution in [-0.4, -0.2) is 0 Å². The van der Waals surface area contributed by atoms with E-state index in [9.17, 15) is 0 Å². The fraction of sp³-hybridized carbons (Fsp3) is 0.0833. The minimum atomic E-state index is 0.779. The van der Waals surface area contributed by atoms with Crippen LogP contribution in [-0.2, 0) is 6.54 Å². The first-order valence-corrected chi connectivity index (χ1v) is 8.63. The predicted octanol–water partition coefficient (Wildman–Crippen LogP) is 6.56. The highest BCUT2D eigenvalue weighted by Crippen LogP contribution is 2.33. The molecule has 25 heavy (non-hydrogen) atoms. The summed E-state index contributed by atoms with van der Waals surface area (Å²) >= 11 is 0. The molecule has 122 valence electrons. The second-order valence-corrected chi connectivity index (χ2v) is 6.40. The van der Waals surface area contributed by atoms with Crippen molar-refractivity contribution >= 4 is 33.3 Å². The minimum absolute atomic E-state index is 0.779. The van der Waals surface area contributed by atoms with Gasteiger partial charge in [-0.3, -0.25) is 0 Å². The third-order valence-corrected chi connectivity index (χ3v) is 4.85. The lowest BCUT2D eigenvalue weighted by molar-refractivity contribution is 1.14. The zero-order valence-corrected chi connectivity index (χ0v) is 14.4. The highest BCUT2D eigenvalue weighted by molar-refractivity contribution is 6.10. The highest BCUT2D eigenvalue weighted by atomic mass is 14.9. The van der Waals surface area contributed by atoms with Crippen molar-refractivity contribution in [1.29, 1.82) is 0 Å². The monoisotopic (exact) mass is 323 g/mol. The van der Waals surface area contributed by atoms with Crippen LogP contribution in [0.15, 0.2) is 79.4 Å². The molecular formula is C24H21N. The van der Waals surface area contributed by atoms with Gasteiger partial charge in [0.05, 0.1) is 5.69 Å². The largest absolute Gasteiger partial charge is 0.380 e. The molecule has 0 atom stereocenters.